The zero-order valence-electron chi connectivity index (χ0n) is 14.5. The molecular formula is C19H19N3O3S. The number of nitrogens with zero attached hydrogens (tertiary/aromatic N) is 2. The molecule has 0 fully saturated rings. The van der Waals surface area contributed by atoms with Crippen molar-refractivity contribution in [3.63, 3.8) is 0 Å². The van der Waals surface area contributed by atoms with Crippen molar-refractivity contribution < 1.29 is 14.7 Å². The Hall–Kier alpha value is -2.80. The van der Waals surface area contributed by atoms with Crippen LogP contribution in [0.15, 0.2) is 35.7 Å². The molecule has 134 valence electrons. The third-order valence-electron chi connectivity index (χ3n) is 3.97. The summed E-state index contributed by atoms with van der Waals surface area (Å²) in [5.74, 6) is -0.988. The van der Waals surface area contributed by atoms with Gasteiger partial charge in [-0.15, -0.1) is 11.3 Å². The lowest BCUT2D eigenvalue weighted by atomic mass is 10.0. The molecule has 0 spiro atoms. The summed E-state index contributed by atoms with van der Waals surface area (Å²) < 4.78 is 0. The van der Waals surface area contributed by atoms with Crippen LogP contribution in [0.3, 0.4) is 0 Å². The van der Waals surface area contributed by atoms with Gasteiger partial charge in [0, 0.05) is 29.4 Å². The van der Waals surface area contributed by atoms with Crippen LogP contribution in [-0.2, 0) is 6.42 Å². The molecule has 1 amide bonds. The molecule has 0 saturated heterocycles. The Kier molecular flexibility index (Phi) is 5.27. The maximum atomic E-state index is 12.7. The molecule has 2 N–H and O–H groups in total. The van der Waals surface area contributed by atoms with Crippen molar-refractivity contribution in [2.45, 2.75) is 26.2 Å². The van der Waals surface area contributed by atoms with E-state index in [1.807, 2.05) is 44.2 Å². The maximum Gasteiger partial charge on any atom is 0.355 e. The fraction of sp³-hybridized carbons (Fsp3) is 0.263. The standard InChI is InChI=1S/C19H19N3O3S/c1-11(2)15-9-13(12-5-3-4-6-14(12)21-15)18(23)20-8-7-17-22-16(10-26-17)19(24)25/h3-6,9-11H,7-8H2,1-2H3,(H,20,23)(H,24,25). The highest BCUT2D eigenvalue weighted by atomic mass is 32.1. The Morgan fingerprint density at radius 1 is 1.23 bits per heavy atom. The van der Waals surface area contributed by atoms with E-state index in [2.05, 4.69) is 15.3 Å². The minimum atomic E-state index is -1.04. The highest BCUT2D eigenvalue weighted by Crippen LogP contribution is 2.22. The van der Waals surface area contributed by atoms with Gasteiger partial charge in [0.2, 0.25) is 0 Å². The first-order valence-electron chi connectivity index (χ1n) is 8.31. The van der Waals surface area contributed by atoms with Crippen molar-refractivity contribution in [1.82, 2.24) is 15.3 Å². The van der Waals surface area contributed by atoms with Gasteiger partial charge in [-0.25, -0.2) is 9.78 Å². The van der Waals surface area contributed by atoms with E-state index in [4.69, 9.17) is 5.11 Å². The van der Waals surface area contributed by atoms with Crippen molar-refractivity contribution in [3.8, 4) is 0 Å². The molecule has 0 radical (unpaired) electrons. The van der Waals surface area contributed by atoms with Gasteiger partial charge in [-0.05, 0) is 18.1 Å². The number of carbonyl (C=O) groups excluding carboxylic acids is 1. The van der Waals surface area contributed by atoms with Gasteiger partial charge in [0.15, 0.2) is 5.69 Å². The molecule has 0 saturated carbocycles. The third kappa shape index (κ3) is 3.88. The predicted molar refractivity (Wildman–Crippen MR) is 101 cm³/mol. The first-order chi connectivity index (χ1) is 12.5. The highest BCUT2D eigenvalue weighted by Gasteiger charge is 2.14. The lowest BCUT2D eigenvalue weighted by Crippen LogP contribution is -2.26. The number of rotatable bonds is 6. The molecule has 6 nitrogen and oxygen atoms in total. The van der Waals surface area contributed by atoms with Gasteiger partial charge in [-0.2, -0.15) is 0 Å². The van der Waals surface area contributed by atoms with Gasteiger partial charge in [0.05, 0.1) is 16.1 Å². The van der Waals surface area contributed by atoms with Crippen molar-refractivity contribution in [3.05, 3.63) is 57.7 Å². The predicted octanol–water partition coefficient (Wildman–Crippen LogP) is 3.49. The Balaban J connectivity index is 1.75. The topological polar surface area (TPSA) is 92.2 Å². The minimum absolute atomic E-state index is 0.0398. The fourth-order valence-corrected chi connectivity index (χ4v) is 3.35. The van der Waals surface area contributed by atoms with Crippen LogP contribution in [-0.4, -0.2) is 33.5 Å². The Morgan fingerprint density at radius 2 is 2.00 bits per heavy atom. The number of pyridine rings is 1. The number of carbonyl (C=O) groups is 2. The number of amides is 1. The quantitative estimate of drug-likeness (QED) is 0.694. The van der Waals surface area contributed by atoms with Crippen LogP contribution in [0.1, 0.15) is 51.3 Å². The van der Waals surface area contributed by atoms with Crippen molar-refractivity contribution in [2.75, 3.05) is 6.54 Å². The van der Waals surface area contributed by atoms with Crippen LogP contribution in [0.25, 0.3) is 10.9 Å². The summed E-state index contributed by atoms with van der Waals surface area (Å²) in [7, 11) is 0. The second-order valence-corrected chi connectivity index (χ2v) is 7.15. The summed E-state index contributed by atoms with van der Waals surface area (Å²) in [5, 5.41) is 14.8. The number of carboxylic acids is 1. The second-order valence-electron chi connectivity index (χ2n) is 6.20. The molecule has 3 aromatic rings. The zero-order valence-corrected chi connectivity index (χ0v) is 15.3. The molecule has 7 heteroatoms. The van der Waals surface area contributed by atoms with E-state index in [1.54, 1.807) is 0 Å². The molecule has 1 aromatic carbocycles. The van der Waals surface area contributed by atoms with E-state index >= 15 is 0 Å². The van der Waals surface area contributed by atoms with E-state index in [1.165, 1.54) is 16.7 Å². The number of para-hydroxylation sites is 1. The van der Waals surface area contributed by atoms with Gasteiger partial charge in [-0.3, -0.25) is 9.78 Å². The van der Waals surface area contributed by atoms with Gasteiger partial charge in [0.25, 0.3) is 5.91 Å². The summed E-state index contributed by atoms with van der Waals surface area (Å²) >= 11 is 1.28. The normalized spacial score (nSPS) is 11.0. The highest BCUT2D eigenvalue weighted by molar-refractivity contribution is 7.09. The van der Waals surface area contributed by atoms with E-state index in [9.17, 15) is 9.59 Å². The molecule has 26 heavy (non-hydrogen) atoms. The molecule has 0 aliphatic rings. The SMILES string of the molecule is CC(C)c1cc(C(=O)NCCc2nc(C(=O)O)cs2)c2ccccc2n1. The zero-order chi connectivity index (χ0) is 18.7. The van der Waals surface area contributed by atoms with Gasteiger partial charge < -0.3 is 10.4 Å². The first kappa shape index (κ1) is 18.0. The summed E-state index contributed by atoms with van der Waals surface area (Å²) in [5.41, 5.74) is 2.32. The van der Waals surface area contributed by atoms with E-state index in [0.29, 0.717) is 23.5 Å². The molecule has 0 atom stereocenters. The molecule has 3 rings (SSSR count). The van der Waals surface area contributed by atoms with Crippen LogP contribution in [0.4, 0.5) is 0 Å². The molecule has 0 aliphatic carbocycles. The monoisotopic (exact) mass is 369 g/mol. The van der Waals surface area contributed by atoms with Crippen LogP contribution >= 0.6 is 11.3 Å². The number of carboxylic acid groups (broad SMARTS) is 1. The van der Waals surface area contributed by atoms with E-state index in [0.717, 1.165) is 16.6 Å². The summed E-state index contributed by atoms with van der Waals surface area (Å²) in [6, 6.07) is 9.43. The third-order valence-corrected chi connectivity index (χ3v) is 4.88. The number of hydrogen-bond donors (Lipinski definition) is 2. The molecule has 0 unspecified atom stereocenters. The van der Waals surface area contributed by atoms with Crippen molar-refractivity contribution >= 4 is 34.1 Å². The van der Waals surface area contributed by atoms with Gasteiger partial charge >= 0.3 is 5.97 Å². The smallest absolute Gasteiger partial charge is 0.355 e. The fourth-order valence-electron chi connectivity index (χ4n) is 2.58. The average molecular weight is 369 g/mol. The van der Waals surface area contributed by atoms with E-state index < -0.39 is 5.97 Å². The van der Waals surface area contributed by atoms with Crippen LogP contribution in [0, 0.1) is 0 Å². The Labute approximate surface area is 154 Å². The number of aromatic carboxylic acids is 1. The van der Waals surface area contributed by atoms with Crippen molar-refractivity contribution in [1.29, 1.82) is 0 Å². The largest absolute Gasteiger partial charge is 0.476 e. The number of fused-ring (bicyclic) bond motifs is 1. The average Bonchev–Trinajstić information content (AvgIpc) is 3.09. The maximum absolute atomic E-state index is 12.7. The number of aromatic nitrogens is 2. The Bertz CT molecular complexity index is 966. The summed E-state index contributed by atoms with van der Waals surface area (Å²) in [6.45, 7) is 4.47. The van der Waals surface area contributed by atoms with Crippen LogP contribution < -0.4 is 5.32 Å². The van der Waals surface area contributed by atoms with Crippen LogP contribution in [0.2, 0.25) is 0 Å². The molecule has 2 heterocycles. The van der Waals surface area contributed by atoms with Gasteiger partial charge in [0.1, 0.15) is 0 Å². The summed E-state index contributed by atoms with van der Waals surface area (Å²) in [4.78, 5) is 32.2. The number of thiazole rings is 1. The lowest BCUT2D eigenvalue weighted by molar-refractivity contribution is 0.0690. The summed E-state index contributed by atoms with van der Waals surface area (Å²) in [6.07, 6.45) is 0.490. The molecule has 0 aliphatic heterocycles. The Morgan fingerprint density at radius 3 is 2.69 bits per heavy atom. The molecule has 2 aromatic heterocycles. The van der Waals surface area contributed by atoms with Crippen LogP contribution in [0.5, 0.6) is 0 Å². The number of nitrogens with one attached hydrogen (secondary N) is 1. The minimum Gasteiger partial charge on any atom is -0.476 e. The lowest BCUT2D eigenvalue weighted by Gasteiger charge is -2.11. The molecular weight excluding hydrogens is 350 g/mol. The van der Waals surface area contributed by atoms with Gasteiger partial charge in [-0.1, -0.05) is 32.0 Å². The number of hydrogen-bond acceptors (Lipinski definition) is 5. The molecule has 0 bridgehead atoms. The van der Waals surface area contributed by atoms with Crippen molar-refractivity contribution in [2.24, 2.45) is 0 Å². The van der Waals surface area contributed by atoms with E-state index in [-0.39, 0.29) is 17.5 Å². The second kappa shape index (κ2) is 7.61. The number of benzene rings is 1. The first-order valence-corrected chi connectivity index (χ1v) is 9.19.